The quantitative estimate of drug-likeness (QED) is 0.619. The molecule has 0 radical (unpaired) electrons. The molecule has 3 atom stereocenters. The first-order valence-electron chi connectivity index (χ1n) is 7.33. The Balaban J connectivity index is 2.95. The van der Waals surface area contributed by atoms with Gasteiger partial charge in [-0.1, -0.05) is 0 Å². The maximum absolute atomic E-state index is 11.8. The third-order valence-corrected chi connectivity index (χ3v) is 3.05. The van der Waals surface area contributed by atoms with Crippen LogP contribution in [-0.4, -0.2) is 47.7 Å². The number of carbonyl (C=O) groups excluding carboxylic acids is 5. The third kappa shape index (κ3) is 6.55. The van der Waals surface area contributed by atoms with Crippen LogP contribution >= 0.6 is 0 Å². The smallest absolute Gasteiger partial charge is 0.331 e. The molecule has 0 saturated carbocycles. The van der Waals surface area contributed by atoms with E-state index < -0.39 is 47.7 Å². The molecule has 1 aliphatic heterocycles. The molecule has 1 aliphatic rings. The molecule has 0 saturated heterocycles. The number of esters is 2. The molecule has 8 nitrogen and oxygen atoms in total. The van der Waals surface area contributed by atoms with Crippen LogP contribution in [0, 0.1) is 0 Å². The highest BCUT2D eigenvalue weighted by molar-refractivity contribution is 6.02. The molecule has 0 fully saturated rings. The number of amides is 1. The van der Waals surface area contributed by atoms with Crippen molar-refractivity contribution >= 4 is 29.4 Å². The molecule has 0 aromatic carbocycles. The van der Waals surface area contributed by atoms with Crippen molar-refractivity contribution in [3.8, 4) is 0 Å². The molecule has 0 spiro atoms. The fourth-order valence-corrected chi connectivity index (χ4v) is 1.75. The highest BCUT2D eigenvalue weighted by Crippen LogP contribution is 2.03. The zero-order valence-corrected chi connectivity index (χ0v) is 13.6. The molecule has 8 heteroatoms. The first-order chi connectivity index (χ1) is 11.2. The van der Waals surface area contributed by atoms with Gasteiger partial charge in [-0.3, -0.25) is 19.2 Å². The average molecular weight is 337 g/mol. The Morgan fingerprint density at radius 1 is 0.833 bits per heavy atom. The van der Waals surface area contributed by atoms with Crippen LogP contribution in [0.3, 0.4) is 0 Å². The lowest BCUT2D eigenvalue weighted by Gasteiger charge is -2.15. The fraction of sp³-hybridized carbons (Fsp3) is 0.438. The lowest BCUT2D eigenvalue weighted by molar-refractivity contribution is -0.153. The van der Waals surface area contributed by atoms with Crippen LogP contribution in [0.1, 0.15) is 27.2 Å². The molecule has 0 aliphatic carbocycles. The maximum Gasteiger partial charge on any atom is 0.331 e. The summed E-state index contributed by atoms with van der Waals surface area (Å²) >= 11 is 0. The molecule has 24 heavy (non-hydrogen) atoms. The molecule has 130 valence electrons. The van der Waals surface area contributed by atoms with Crippen molar-refractivity contribution in [2.45, 2.75) is 45.4 Å². The van der Waals surface area contributed by atoms with Gasteiger partial charge in [-0.15, -0.1) is 0 Å². The second kappa shape index (κ2) is 8.76. The van der Waals surface area contributed by atoms with Crippen LogP contribution in [0.4, 0.5) is 0 Å². The van der Waals surface area contributed by atoms with Crippen LogP contribution in [0.15, 0.2) is 24.3 Å². The third-order valence-electron chi connectivity index (χ3n) is 3.05. The van der Waals surface area contributed by atoms with Gasteiger partial charge in [0.1, 0.15) is 0 Å². The Bertz CT molecular complexity index is 606. The van der Waals surface area contributed by atoms with E-state index in [2.05, 4.69) is 5.32 Å². The average Bonchev–Trinajstić information content (AvgIpc) is 2.48. The summed E-state index contributed by atoms with van der Waals surface area (Å²) in [6.45, 7) is 4.28. The van der Waals surface area contributed by atoms with Crippen LogP contribution in [0.2, 0.25) is 0 Å². The summed E-state index contributed by atoms with van der Waals surface area (Å²) < 4.78 is 9.73. The summed E-state index contributed by atoms with van der Waals surface area (Å²) in [7, 11) is 0. The molecule has 1 unspecified atom stereocenters. The Kier molecular flexibility index (Phi) is 7.03. The summed E-state index contributed by atoms with van der Waals surface area (Å²) in [5.41, 5.74) is 0. The lowest BCUT2D eigenvalue weighted by atomic mass is 10.2. The van der Waals surface area contributed by atoms with Crippen molar-refractivity contribution in [1.82, 2.24) is 5.32 Å². The van der Waals surface area contributed by atoms with Gasteiger partial charge in [0.2, 0.25) is 5.91 Å². The van der Waals surface area contributed by atoms with E-state index in [4.69, 9.17) is 9.47 Å². The predicted molar refractivity (Wildman–Crippen MR) is 81.6 cm³/mol. The van der Waals surface area contributed by atoms with Gasteiger partial charge in [-0.25, -0.2) is 4.79 Å². The van der Waals surface area contributed by atoms with E-state index in [9.17, 15) is 24.0 Å². The van der Waals surface area contributed by atoms with Gasteiger partial charge in [0, 0.05) is 18.2 Å². The van der Waals surface area contributed by atoms with Gasteiger partial charge in [0.25, 0.3) is 0 Å². The van der Waals surface area contributed by atoms with E-state index in [1.165, 1.54) is 13.8 Å². The molecule has 1 rings (SSSR count). The second-order valence-corrected chi connectivity index (χ2v) is 5.30. The number of ketones is 2. The summed E-state index contributed by atoms with van der Waals surface area (Å²) in [6, 6.07) is -0.550. The Morgan fingerprint density at radius 2 is 1.38 bits per heavy atom. The van der Waals surface area contributed by atoms with E-state index in [1.54, 1.807) is 6.92 Å². The van der Waals surface area contributed by atoms with E-state index in [-0.39, 0.29) is 6.42 Å². The SMILES string of the molecule is CC1CC(=O)O[C@@H](C)C(=O)/C=C/C(=O)O[C@@H](C)C(=O)/C=C/C(=O)N1. The molecule has 0 bridgehead atoms. The van der Waals surface area contributed by atoms with Gasteiger partial charge in [0.05, 0.1) is 6.42 Å². The van der Waals surface area contributed by atoms with Gasteiger partial charge in [-0.2, -0.15) is 0 Å². The van der Waals surface area contributed by atoms with Crippen molar-refractivity contribution in [3.05, 3.63) is 24.3 Å². The van der Waals surface area contributed by atoms with E-state index in [0.29, 0.717) is 0 Å². The first kappa shape index (κ1) is 19.3. The summed E-state index contributed by atoms with van der Waals surface area (Å²) in [6.07, 6.45) is 1.39. The minimum Gasteiger partial charge on any atom is -0.454 e. The number of cyclic esters (lactones) is 2. The summed E-state index contributed by atoms with van der Waals surface area (Å²) in [5, 5.41) is 2.48. The normalized spacial score (nSPS) is 30.1. The Hall–Kier alpha value is -2.77. The summed E-state index contributed by atoms with van der Waals surface area (Å²) in [5.74, 6) is -3.37. The minimum absolute atomic E-state index is 0.146. The molecular weight excluding hydrogens is 318 g/mol. The topological polar surface area (TPSA) is 116 Å². The number of rotatable bonds is 0. The number of nitrogens with one attached hydrogen (secondary N) is 1. The molecule has 1 N–H and O–H groups in total. The Morgan fingerprint density at radius 3 is 2.00 bits per heavy atom. The molecular formula is C16H19NO7. The van der Waals surface area contributed by atoms with Crippen LogP contribution in [0.5, 0.6) is 0 Å². The lowest BCUT2D eigenvalue weighted by Crippen LogP contribution is -2.35. The molecule has 1 heterocycles. The van der Waals surface area contributed by atoms with Crippen molar-refractivity contribution < 1.29 is 33.4 Å². The number of carbonyl (C=O) groups is 5. The van der Waals surface area contributed by atoms with Gasteiger partial charge < -0.3 is 14.8 Å². The van der Waals surface area contributed by atoms with Gasteiger partial charge >= 0.3 is 11.9 Å². The monoisotopic (exact) mass is 337 g/mol. The first-order valence-corrected chi connectivity index (χ1v) is 7.33. The second-order valence-electron chi connectivity index (χ2n) is 5.30. The minimum atomic E-state index is -1.11. The van der Waals surface area contributed by atoms with Crippen LogP contribution < -0.4 is 5.32 Å². The van der Waals surface area contributed by atoms with Crippen molar-refractivity contribution in [3.63, 3.8) is 0 Å². The zero-order valence-electron chi connectivity index (χ0n) is 13.6. The van der Waals surface area contributed by atoms with Crippen molar-refractivity contribution in [2.75, 3.05) is 0 Å². The highest BCUT2D eigenvalue weighted by atomic mass is 16.5. The van der Waals surface area contributed by atoms with E-state index in [1.807, 2.05) is 0 Å². The number of hydrogen-bond acceptors (Lipinski definition) is 7. The van der Waals surface area contributed by atoms with Crippen LogP contribution in [0.25, 0.3) is 0 Å². The molecule has 1 amide bonds. The maximum atomic E-state index is 11.8. The standard InChI is InChI=1S/C16H19NO7/c1-9-8-16(22)24-11(3)13(19)5-7-15(21)23-10(2)12(18)4-6-14(20)17-9/h4-7,9-11H,8H2,1-3H3,(H,17,20)/b6-4+,7-5+/t9?,10-,11-/m0/s1. The van der Waals surface area contributed by atoms with Crippen molar-refractivity contribution in [1.29, 1.82) is 0 Å². The molecule has 0 aromatic rings. The van der Waals surface area contributed by atoms with E-state index in [0.717, 1.165) is 24.3 Å². The fourth-order valence-electron chi connectivity index (χ4n) is 1.75. The zero-order chi connectivity index (χ0) is 18.3. The Labute approximate surface area is 138 Å². The van der Waals surface area contributed by atoms with Crippen molar-refractivity contribution in [2.24, 2.45) is 0 Å². The largest absolute Gasteiger partial charge is 0.454 e. The van der Waals surface area contributed by atoms with Crippen LogP contribution in [-0.2, 0) is 33.4 Å². The summed E-state index contributed by atoms with van der Waals surface area (Å²) in [4.78, 5) is 58.4. The number of ether oxygens (including phenoxy) is 2. The molecule has 0 aromatic heterocycles. The number of hydrogen-bond donors (Lipinski definition) is 1. The predicted octanol–water partition coefficient (Wildman–Crippen LogP) is 0.00880. The highest BCUT2D eigenvalue weighted by Gasteiger charge is 2.20. The van der Waals surface area contributed by atoms with Gasteiger partial charge in [0.15, 0.2) is 23.8 Å². The van der Waals surface area contributed by atoms with Gasteiger partial charge in [-0.05, 0) is 32.9 Å². The van der Waals surface area contributed by atoms with E-state index >= 15 is 0 Å².